The van der Waals surface area contributed by atoms with Crippen LogP contribution in [0.4, 0.5) is 10.1 Å². The Kier molecular flexibility index (Phi) is 3.07. The van der Waals surface area contributed by atoms with E-state index in [0.717, 1.165) is 0 Å². The van der Waals surface area contributed by atoms with Gasteiger partial charge in [0, 0.05) is 19.3 Å². The Morgan fingerprint density at radius 1 is 1.39 bits per heavy atom. The van der Waals surface area contributed by atoms with Crippen LogP contribution in [0.3, 0.4) is 0 Å². The molecular weight excluding hydrogens is 235 g/mol. The number of rotatable bonds is 2. The summed E-state index contributed by atoms with van der Waals surface area (Å²) in [6, 6.07) is 5.70. The number of carbonyl (C=O) groups excluding carboxylic acids is 2. The highest BCUT2D eigenvalue weighted by Crippen LogP contribution is 2.34. The van der Waals surface area contributed by atoms with Crippen LogP contribution in [0.15, 0.2) is 24.3 Å². The Morgan fingerprint density at radius 3 is 2.56 bits per heavy atom. The molecule has 1 aliphatic rings. The number of nitrogens with one attached hydrogen (secondary N) is 1. The molecule has 0 bridgehead atoms. The summed E-state index contributed by atoms with van der Waals surface area (Å²) >= 11 is 0. The molecule has 1 N–H and O–H groups in total. The van der Waals surface area contributed by atoms with Crippen molar-refractivity contribution < 1.29 is 14.0 Å². The third-order valence-corrected chi connectivity index (χ3v) is 3.42. The van der Waals surface area contributed by atoms with Gasteiger partial charge in [0.2, 0.25) is 11.8 Å². The van der Waals surface area contributed by atoms with E-state index in [1.54, 1.807) is 19.1 Å². The monoisotopic (exact) mass is 250 g/mol. The molecule has 0 aromatic heterocycles. The smallest absolute Gasteiger partial charge is 0.242 e. The SMILES string of the molecule is CNC(=O)[C@]1(C)CCN(c2ccc(F)cc2)C1=O. The minimum atomic E-state index is -1.02. The summed E-state index contributed by atoms with van der Waals surface area (Å²) in [4.78, 5) is 25.6. The van der Waals surface area contributed by atoms with Crippen LogP contribution in [0.2, 0.25) is 0 Å². The maximum absolute atomic E-state index is 12.8. The molecule has 0 saturated carbocycles. The summed E-state index contributed by atoms with van der Waals surface area (Å²) in [5.74, 6) is -0.870. The Balaban J connectivity index is 2.27. The van der Waals surface area contributed by atoms with Crippen LogP contribution in [-0.4, -0.2) is 25.4 Å². The van der Waals surface area contributed by atoms with Gasteiger partial charge in [-0.3, -0.25) is 9.59 Å². The predicted molar refractivity (Wildman–Crippen MR) is 65.5 cm³/mol. The minimum absolute atomic E-state index is 0.242. The lowest BCUT2D eigenvalue weighted by molar-refractivity contribution is -0.138. The van der Waals surface area contributed by atoms with Gasteiger partial charge < -0.3 is 10.2 Å². The van der Waals surface area contributed by atoms with Crippen LogP contribution >= 0.6 is 0 Å². The molecule has 1 aliphatic heterocycles. The molecule has 2 rings (SSSR count). The van der Waals surface area contributed by atoms with Crippen LogP contribution in [-0.2, 0) is 9.59 Å². The zero-order chi connectivity index (χ0) is 13.3. The van der Waals surface area contributed by atoms with Crippen molar-refractivity contribution in [3.63, 3.8) is 0 Å². The van der Waals surface area contributed by atoms with Crippen LogP contribution in [0.25, 0.3) is 0 Å². The molecule has 1 atom stereocenters. The topological polar surface area (TPSA) is 49.4 Å². The lowest BCUT2D eigenvalue weighted by Crippen LogP contribution is -2.43. The Hall–Kier alpha value is -1.91. The van der Waals surface area contributed by atoms with Gasteiger partial charge in [-0.25, -0.2) is 4.39 Å². The molecule has 1 aromatic carbocycles. The number of anilines is 1. The van der Waals surface area contributed by atoms with E-state index in [4.69, 9.17) is 0 Å². The zero-order valence-electron chi connectivity index (χ0n) is 10.4. The molecule has 1 saturated heterocycles. The molecule has 1 heterocycles. The highest BCUT2D eigenvalue weighted by molar-refractivity contribution is 6.13. The average Bonchev–Trinajstić information content (AvgIpc) is 2.68. The third kappa shape index (κ3) is 1.85. The minimum Gasteiger partial charge on any atom is -0.358 e. The zero-order valence-corrected chi connectivity index (χ0v) is 10.4. The van der Waals surface area contributed by atoms with E-state index in [1.165, 1.54) is 24.1 Å². The second kappa shape index (κ2) is 4.40. The van der Waals surface area contributed by atoms with Crippen molar-refractivity contribution in [2.24, 2.45) is 5.41 Å². The Morgan fingerprint density at radius 2 is 2.00 bits per heavy atom. The number of carbonyl (C=O) groups is 2. The van der Waals surface area contributed by atoms with Crippen molar-refractivity contribution in [2.45, 2.75) is 13.3 Å². The lowest BCUT2D eigenvalue weighted by atomic mass is 9.88. The first kappa shape index (κ1) is 12.5. The summed E-state index contributed by atoms with van der Waals surface area (Å²) in [5, 5.41) is 2.51. The molecule has 1 aromatic rings. The summed E-state index contributed by atoms with van der Waals surface area (Å²) < 4.78 is 12.8. The molecule has 0 unspecified atom stereocenters. The molecule has 0 spiro atoms. The van der Waals surface area contributed by atoms with Gasteiger partial charge in [0.1, 0.15) is 11.2 Å². The van der Waals surface area contributed by atoms with Crippen molar-refractivity contribution in [3.05, 3.63) is 30.1 Å². The highest BCUT2D eigenvalue weighted by Gasteiger charge is 2.48. The first-order valence-electron chi connectivity index (χ1n) is 5.79. The Bertz CT molecular complexity index is 486. The van der Waals surface area contributed by atoms with E-state index < -0.39 is 5.41 Å². The van der Waals surface area contributed by atoms with Crippen LogP contribution in [0, 0.1) is 11.2 Å². The van der Waals surface area contributed by atoms with E-state index in [2.05, 4.69) is 5.32 Å². The van der Waals surface area contributed by atoms with Gasteiger partial charge in [0.15, 0.2) is 0 Å². The number of benzene rings is 1. The molecule has 5 heteroatoms. The van der Waals surface area contributed by atoms with Gasteiger partial charge in [0.05, 0.1) is 0 Å². The standard InChI is InChI=1S/C13H15FN2O2/c1-13(11(17)15-2)7-8-16(12(13)18)10-5-3-9(14)4-6-10/h3-6H,7-8H2,1-2H3,(H,15,17)/t13-/m0/s1. The lowest BCUT2D eigenvalue weighted by Gasteiger charge is -2.21. The molecule has 96 valence electrons. The number of amides is 2. The summed E-state index contributed by atoms with van der Waals surface area (Å²) in [5.41, 5.74) is -0.405. The van der Waals surface area contributed by atoms with Gasteiger partial charge in [-0.2, -0.15) is 0 Å². The van der Waals surface area contributed by atoms with Gasteiger partial charge in [-0.1, -0.05) is 0 Å². The second-order valence-corrected chi connectivity index (χ2v) is 4.59. The molecule has 2 amide bonds. The summed E-state index contributed by atoms with van der Waals surface area (Å²) in [6.45, 7) is 2.10. The second-order valence-electron chi connectivity index (χ2n) is 4.59. The fraction of sp³-hybridized carbons (Fsp3) is 0.385. The predicted octanol–water partition coefficient (Wildman–Crippen LogP) is 1.31. The molecule has 18 heavy (non-hydrogen) atoms. The third-order valence-electron chi connectivity index (χ3n) is 3.42. The fourth-order valence-corrected chi connectivity index (χ4v) is 2.20. The molecule has 0 aliphatic carbocycles. The normalized spacial score (nSPS) is 23.3. The van der Waals surface area contributed by atoms with Crippen molar-refractivity contribution in [3.8, 4) is 0 Å². The number of hydrogen-bond donors (Lipinski definition) is 1. The largest absolute Gasteiger partial charge is 0.358 e. The molecule has 4 nitrogen and oxygen atoms in total. The summed E-state index contributed by atoms with van der Waals surface area (Å²) in [7, 11) is 1.52. The van der Waals surface area contributed by atoms with Crippen LogP contribution in [0.1, 0.15) is 13.3 Å². The Labute approximate surface area is 105 Å². The average molecular weight is 250 g/mol. The quantitative estimate of drug-likeness (QED) is 0.805. The fourth-order valence-electron chi connectivity index (χ4n) is 2.20. The maximum Gasteiger partial charge on any atom is 0.242 e. The highest BCUT2D eigenvalue weighted by atomic mass is 19.1. The van der Waals surface area contributed by atoms with E-state index in [0.29, 0.717) is 18.7 Å². The van der Waals surface area contributed by atoms with Gasteiger partial charge in [0.25, 0.3) is 0 Å². The number of nitrogens with zero attached hydrogens (tertiary/aromatic N) is 1. The van der Waals surface area contributed by atoms with Crippen molar-refractivity contribution in [2.75, 3.05) is 18.5 Å². The van der Waals surface area contributed by atoms with E-state index in [-0.39, 0.29) is 17.6 Å². The molecule has 1 fully saturated rings. The number of halogens is 1. The first-order valence-corrected chi connectivity index (χ1v) is 5.79. The number of hydrogen-bond acceptors (Lipinski definition) is 2. The molecule has 0 radical (unpaired) electrons. The van der Waals surface area contributed by atoms with E-state index in [9.17, 15) is 14.0 Å². The van der Waals surface area contributed by atoms with Gasteiger partial charge >= 0.3 is 0 Å². The summed E-state index contributed by atoms with van der Waals surface area (Å²) in [6.07, 6.45) is 0.461. The van der Waals surface area contributed by atoms with Gasteiger partial charge in [-0.15, -0.1) is 0 Å². The van der Waals surface area contributed by atoms with Gasteiger partial charge in [-0.05, 0) is 37.6 Å². The maximum atomic E-state index is 12.8. The van der Waals surface area contributed by atoms with E-state index in [1.807, 2.05) is 0 Å². The van der Waals surface area contributed by atoms with Crippen molar-refractivity contribution >= 4 is 17.5 Å². The van der Waals surface area contributed by atoms with Crippen molar-refractivity contribution in [1.29, 1.82) is 0 Å². The van der Waals surface area contributed by atoms with E-state index >= 15 is 0 Å². The van der Waals surface area contributed by atoms with Crippen molar-refractivity contribution in [1.82, 2.24) is 5.32 Å². The first-order chi connectivity index (χ1) is 8.49. The van der Waals surface area contributed by atoms with Crippen LogP contribution < -0.4 is 10.2 Å². The van der Waals surface area contributed by atoms with Crippen LogP contribution in [0.5, 0.6) is 0 Å². The molecular formula is C13H15FN2O2.